The van der Waals surface area contributed by atoms with E-state index in [4.69, 9.17) is 0 Å². The van der Waals surface area contributed by atoms with E-state index in [1.807, 2.05) is 0 Å². The summed E-state index contributed by atoms with van der Waals surface area (Å²) in [6.07, 6.45) is 14.1. The van der Waals surface area contributed by atoms with Gasteiger partial charge in [0.2, 0.25) is 5.57 Å². The van der Waals surface area contributed by atoms with Gasteiger partial charge in [-0.05, 0) is 77.3 Å². The van der Waals surface area contributed by atoms with Gasteiger partial charge in [-0.1, -0.05) is 76.2 Å². The SMILES string of the molecule is CC1=CC(/C=c2\cccc\c2=C/c2cc(C)c3cc(C(C)C)ccc(C)c2-3)=C2[C+](C)C=CC(C(C)C)=C[C+]12. The lowest BCUT2D eigenvalue weighted by Gasteiger charge is -2.04. The Balaban J connectivity index is 1.68. The maximum atomic E-state index is 2.39. The van der Waals surface area contributed by atoms with E-state index in [1.165, 1.54) is 77.9 Å². The molecule has 0 radical (unpaired) electrons. The number of hydrogen-bond acceptors (Lipinski definition) is 0. The third kappa shape index (κ3) is 4.81. The predicted octanol–water partition coefficient (Wildman–Crippen LogP) is 8.72. The van der Waals surface area contributed by atoms with E-state index in [2.05, 4.69) is 140 Å². The number of aryl methyl sites for hydroxylation is 2. The second-order valence-electron chi connectivity index (χ2n) is 11.7. The average Bonchev–Trinajstić information content (AvgIpc) is 3.16. The largest absolute Gasteiger partial charge is 0.232 e. The molecule has 0 nitrogen and oxygen atoms in total. The molecule has 0 saturated carbocycles. The molecule has 38 heavy (non-hydrogen) atoms. The van der Waals surface area contributed by atoms with Gasteiger partial charge >= 0.3 is 0 Å². The number of benzene rings is 1. The van der Waals surface area contributed by atoms with Gasteiger partial charge in [-0.2, -0.15) is 0 Å². The van der Waals surface area contributed by atoms with E-state index in [0.29, 0.717) is 11.8 Å². The molecule has 0 unspecified atom stereocenters. The van der Waals surface area contributed by atoms with Crippen LogP contribution >= 0.6 is 0 Å². The molecule has 0 aromatic heterocycles. The highest BCUT2D eigenvalue weighted by Crippen LogP contribution is 2.44. The van der Waals surface area contributed by atoms with Crippen LogP contribution in [0.25, 0.3) is 23.3 Å². The minimum Gasteiger partial charge on any atom is -0.0616 e. The van der Waals surface area contributed by atoms with Crippen LogP contribution in [0.15, 0.2) is 95.1 Å². The Morgan fingerprint density at radius 3 is 2.18 bits per heavy atom. The molecule has 0 spiro atoms. The number of hydrogen-bond donors (Lipinski definition) is 0. The highest BCUT2D eigenvalue weighted by Gasteiger charge is 2.43. The van der Waals surface area contributed by atoms with Gasteiger partial charge in [0.05, 0.1) is 29.4 Å². The van der Waals surface area contributed by atoms with Crippen LogP contribution < -0.4 is 10.4 Å². The average molecular weight is 497 g/mol. The Labute approximate surface area is 229 Å². The summed E-state index contributed by atoms with van der Waals surface area (Å²) in [5.74, 6) is 3.71. The van der Waals surface area contributed by atoms with Crippen molar-refractivity contribution < 1.29 is 0 Å². The first-order valence-electron chi connectivity index (χ1n) is 14.0. The molecule has 4 aliphatic carbocycles. The standard InChI is InChI=1S/C38H40/c1-23(2)29-15-13-25(5)37-33(17-27(7)35(37)21-29)19-31-11-9-10-12-32(31)20-34-18-28(8)36-22-30(24(3)4)16-14-26(6)38(34)36/h9-24H,1-8H3/q+2/b31-19+,32-20+. The van der Waals surface area contributed by atoms with Crippen LogP contribution in [0.4, 0.5) is 0 Å². The molecule has 0 atom stereocenters. The lowest BCUT2D eigenvalue weighted by atomic mass is 9.86. The zero-order valence-electron chi connectivity index (χ0n) is 24.2. The first-order valence-corrected chi connectivity index (χ1v) is 14.0. The number of allylic oxidation sites excluding steroid dienone is 8. The molecule has 5 rings (SSSR count). The molecule has 0 amide bonds. The minimum absolute atomic E-state index is 0.506. The lowest BCUT2D eigenvalue weighted by molar-refractivity contribution is 0.789. The Hall–Kier alpha value is -3.64. The van der Waals surface area contributed by atoms with E-state index in [9.17, 15) is 0 Å². The third-order valence-corrected chi connectivity index (χ3v) is 8.12. The van der Waals surface area contributed by atoms with Crippen LogP contribution in [0.1, 0.15) is 69.7 Å². The number of rotatable bonds is 4. The molecule has 0 N–H and O–H groups in total. The van der Waals surface area contributed by atoms with Crippen LogP contribution in [0.5, 0.6) is 0 Å². The van der Waals surface area contributed by atoms with Crippen molar-refractivity contribution in [3.63, 3.8) is 0 Å². The van der Waals surface area contributed by atoms with Gasteiger partial charge in [0.1, 0.15) is 23.5 Å². The Bertz CT molecular complexity index is 1600. The van der Waals surface area contributed by atoms with E-state index in [1.54, 1.807) is 0 Å². The van der Waals surface area contributed by atoms with Crippen LogP contribution in [0.2, 0.25) is 0 Å². The summed E-state index contributed by atoms with van der Waals surface area (Å²) in [5, 5.41) is 2.50. The van der Waals surface area contributed by atoms with Crippen molar-refractivity contribution in [1.82, 2.24) is 0 Å². The first-order chi connectivity index (χ1) is 18.1. The van der Waals surface area contributed by atoms with Gasteiger partial charge in [0.25, 0.3) is 0 Å². The van der Waals surface area contributed by atoms with Gasteiger partial charge in [0.15, 0.2) is 0 Å². The highest BCUT2D eigenvalue weighted by atomic mass is 14.3. The minimum atomic E-state index is 0.506. The molecule has 0 fully saturated rings. The van der Waals surface area contributed by atoms with Crippen molar-refractivity contribution in [3.05, 3.63) is 140 Å². The van der Waals surface area contributed by atoms with Crippen LogP contribution in [-0.4, -0.2) is 0 Å². The molecule has 1 aromatic carbocycles. The van der Waals surface area contributed by atoms with Crippen LogP contribution in [0, 0.1) is 31.6 Å². The van der Waals surface area contributed by atoms with E-state index in [0.717, 1.165) is 0 Å². The van der Waals surface area contributed by atoms with Crippen LogP contribution in [0.3, 0.4) is 0 Å². The fourth-order valence-electron chi connectivity index (χ4n) is 5.82. The summed E-state index contributed by atoms with van der Waals surface area (Å²) >= 11 is 0. The topological polar surface area (TPSA) is 0 Å². The van der Waals surface area contributed by atoms with Gasteiger partial charge in [0, 0.05) is 18.2 Å². The molecular weight excluding hydrogens is 456 g/mol. The van der Waals surface area contributed by atoms with E-state index >= 15 is 0 Å². The summed E-state index contributed by atoms with van der Waals surface area (Å²) in [7, 11) is 0. The maximum absolute atomic E-state index is 2.39. The summed E-state index contributed by atoms with van der Waals surface area (Å²) in [5.41, 5.74) is 13.5. The Morgan fingerprint density at radius 1 is 0.789 bits per heavy atom. The van der Waals surface area contributed by atoms with Gasteiger partial charge < -0.3 is 0 Å². The molecular formula is C38H40+2. The van der Waals surface area contributed by atoms with E-state index < -0.39 is 0 Å². The van der Waals surface area contributed by atoms with Gasteiger partial charge in [-0.3, -0.25) is 0 Å². The normalized spacial score (nSPS) is 16.7. The van der Waals surface area contributed by atoms with Crippen molar-refractivity contribution in [2.24, 2.45) is 5.92 Å². The summed E-state index contributed by atoms with van der Waals surface area (Å²) in [6.45, 7) is 18.1. The third-order valence-electron chi connectivity index (χ3n) is 8.12. The van der Waals surface area contributed by atoms with Crippen molar-refractivity contribution in [1.29, 1.82) is 0 Å². The van der Waals surface area contributed by atoms with E-state index in [-0.39, 0.29) is 0 Å². The molecule has 1 aromatic rings. The molecule has 4 aliphatic rings. The Kier molecular flexibility index (Phi) is 7.01. The molecule has 0 saturated heterocycles. The summed E-state index contributed by atoms with van der Waals surface area (Å²) in [6, 6.07) is 18.1. The second-order valence-corrected chi connectivity index (χ2v) is 11.7. The fourth-order valence-corrected chi connectivity index (χ4v) is 5.82. The van der Waals surface area contributed by atoms with Crippen molar-refractivity contribution in [2.75, 3.05) is 0 Å². The molecule has 0 heterocycles. The highest BCUT2D eigenvalue weighted by molar-refractivity contribution is 5.84. The van der Waals surface area contributed by atoms with Gasteiger partial charge in [-0.25, -0.2) is 0 Å². The smallest absolute Gasteiger partial charge is 0.0616 e. The zero-order valence-corrected chi connectivity index (χ0v) is 24.2. The zero-order chi connectivity index (χ0) is 27.1. The molecule has 0 aliphatic heterocycles. The molecule has 0 heteroatoms. The van der Waals surface area contributed by atoms with Crippen molar-refractivity contribution in [3.8, 4) is 11.1 Å². The Morgan fingerprint density at radius 2 is 1.50 bits per heavy atom. The van der Waals surface area contributed by atoms with Crippen molar-refractivity contribution >= 4 is 12.2 Å². The quantitative estimate of drug-likeness (QED) is 0.317. The molecule has 0 bridgehead atoms. The van der Waals surface area contributed by atoms with Gasteiger partial charge in [-0.15, -0.1) is 0 Å². The first kappa shape index (κ1) is 26.0. The summed E-state index contributed by atoms with van der Waals surface area (Å²) in [4.78, 5) is 0. The predicted molar refractivity (Wildman–Crippen MR) is 165 cm³/mol. The molecule has 190 valence electrons. The van der Waals surface area contributed by atoms with Crippen LogP contribution in [-0.2, 0) is 0 Å². The fraction of sp³-hybridized carbons (Fsp3) is 0.263. The maximum Gasteiger partial charge on any atom is 0.232 e. The monoisotopic (exact) mass is 496 g/mol. The number of fused-ring (bicyclic) bond motifs is 2. The van der Waals surface area contributed by atoms with Crippen molar-refractivity contribution in [2.45, 2.75) is 61.3 Å². The summed E-state index contributed by atoms with van der Waals surface area (Å²) < 4.78 is 0. The second kappa shape index (κ2) is 10.3. The lowest BCUT2D eigenvalue weighted by Crippen LogP contribution is -2.24.